The van der Waals surface area contributed by atoms with Gasteiger partial charge in [-0.1, -0.05) is 60.7 Å². The molecule has 3 aliphatic rings. The normalized spacial score (nSPS) is 18.8. The Morgan fingerprint density at radius 3 is 2.24 bits per heavy atom. The average Bonchev–Trinajstić information content (AvgIpc) is 3.39. The van der Waals surface area contributed by atoms with Gasteiger partial charge in [0.2, 0.25) is 0 Å². The second kappa shape index (κ2) is 10.5. The molecule has 7 nitrogen and oxygen atoms in total. The van der Waals surface area contributed by atoms with Gasteiger partial charge in [0.1, 0.15) is 12.4 Å². The molecular weight excluding hydrogens is 517 g/mol. The van der Waals surface area contributed by atoms with E-state index in [0.29, 0.717) is 29.8 Å². The molecule has 0 aromatic heterocycles. The van der Waals surface area contributed by atoms with Crippen LogP contribution in [0, 0.1) is 0 Å². The van der Waals surface area contributed by atoms with Gasteiger partial charge in [-0.15, -0.1) is 0 Å². The molecule has 8 heteroatoms. The zero-order valence-corrected chi connectivity index (χ0v) is 23.9. The maximum atomic E-state index is 13.0. The number of fused-ring (bicyclic) bond motifs is 4. The average molecular weight is 551 g/mol. The van der Waals surface area contributed by atoms with Crippen molar-refractivity contribution in [3.63, 3.8) is 0 Å². The lowest BCUT2D eigenvalue weighted by Crippen LogP contribution is -2.41. The van der Waals surface area contributed by atoms with Crippen LogP contribution in [0.25, 0.3) is 17.2 Å². The third kappa shape index (κ3) is 5.18. The summed E-state index contributed by atoms with van der Waals surface area (Å²) >= 11 is 0. The van der Waals surface area contributed by atoms with Crippen LogP contribution in [0.4, 0.5) is 4.79 Å². The molecule has 210 valence electrons. The van der Waals surface area contributed by atoms with Crippen LogP contribution in [0.5, 0.6) is 5.75 Å². The van der Waals surface area contributed by atoms with Gasteiger partial charge in [-0.3, -0.25) is 4.79 Å². The van der Waals surface area contributed by atoms with Crippen molar-refractivity contribution in [3.05, 3.63) is 94.5 Å². The van der Waals surface area contributed by atoms with Crippen LogP contribution >= 0.6 is 0 Å². The Kier molecular flexibility index (Phi) is 7.00. The lowest BCUT2D eigenvalue weighted by atomic mass is 9.77. The van der Waals surface area contributed by atoms with Gasteiger partial charge in [-0.25, -0.2) is 4.79 Å². The van der Waals surface area contributed by atoms with Crippen molar-refractivity contribution >= 4 is 25.1 Å². The molecule has 0 atom stereocenters. The Bertz CT molecular complexity index is 1480. The second-order valence-corrected chi connectivity index (χ2v) is 11.8. The molecule has 2 aliphatic heterocycles. The number of amides is 1. The lowest BCUT2D eigenvalue weighted by molar-refractivity contribution is 0.00578. The van der Waals surface area contributed by atoms with E-state index in [1.54, 1.807) is 6.07 Å². The number of ether oxygens (including phenoxy) is 2. The summed E-state index contributed by atoms with van der Waals surface area (Å²) in [6.45, 7) is 8.70. The van der Waals surface area contributed by atoms with Crippen LogP contribution < -0.4 is 10.1 Å². The van der Waals surface area contributed by atoms with E-state index in [2.05, 4.69) is 29.6 Å². The molecule has 0 bridgehead atoms. The molecule has 3 aromatic carbocycles. The summed E-state index contributed by atoms with van der Waals surface area (Å²) in [5, 5.41) is 2.90. The SMILES string of the molecule is CC1(C)OB(C(=Cc2ccc3c(c2)C(=O)CCO3)CNC(=O)OCC2c3ccccc3-c3ccccc32)OC1(C)C. The molecule has 1 saturated heterocycles. The van der Waals surface area contributed by atoms with E-state index in [0.717, 1.165) is 16.7 Å². The Labute approximate surface area is 241 Å². The predicted molar refractivity (Wildman–Crippen MR) is 158 cm³/mol. The summed E-state index contributed by atoms with van der Waals surface area (Å²) < 4.78 is 24.0. The van der Waals surface area contributed by atoms with E-state index in [9.17, 15) is 9.59 Å². The number of nitrogens with one attached hydrogen (secondary N) is 1. The number of alkyl carbamates (subject to hydrolysis) is 1. The van der Waals surface area contributed by atoms with Crippen LogP contribution in [0.3, 0.4) is 0 Å². The first-order chi connectivity index (χ1) is 19.6. The molecular formula is C33H34BNO6. The Hall–Kier alpha value is -3.88. The number of carbonyl (C=O) groups excluding carboxylic acids is 2. The highest BCUT2D eigenvalue weighted by Gasteiger charge is 2.52. The first-order valence-corrected chi connectivity index (χ1v) is 14.1. The molecule has 6 rings (SSSR count). The van der Waals surface area contributed by atoms with Gasteiger partial charge < -0.3 is 24.1 Å². The van der Waals surface area contributed by atoms with Gasteiger partial charge in [0, 0.05) is 18.9 Å². The van der Waals surface area contributed by atoms with Crippen molar-refractivity contribution in [2.24, 2.45) is 0 Å². The molecule has 0 spiro atoms. The monoisotopic (exact) mass is 551 g/mol. The molecule has 0 radical (unpaired) electrons. The number of benzene rings is 3. The quantitative estimate of drug-likeness (QED) is 0.367. The highest BCUT2D eigenvalue weighted by Crippen LogP contribution is 2.44. The van der Waals surface area contributed by atoms with Crippen LogP contribution in [-0.4, -0.2) is 50.0 Å². The smallest absolute Gasteiger partial charge is 0.492 e. The van der Waals surface area contributed by atoms with E-state index in [4.69, 9.17) is 18.8 Å². The van der Waals surface area contributed by atoms with E-state index >= 15 is 0 Å². The third-order valence-corrected chi connectivity index (χ3v) is 8.58. The molecule has 1 fully saturated rings. The van der Waals surface area contributed by atoms with Crippen LogP contribution in [0.2, 0.25) is 0 Å². The number of ketones is 1. The molecule has 0 saturated carbocycles. The van der Waals surface area contributed by atoms with Crippen molar-refractivity contribution in [2.45, 2.75) is 51.2 Å². The number of Topliss-reactive ketones (excluding diaryl/α,β-unsaturated/α-hetero) is 1. The summed E-state index contributed by atoms with van der Waals surface area (Å²) in [4.78, 5) is 25.5. The Balaban J connectivity index is 1.19. The zero-order valence-electron chi connectivity index (χ0n) is 23.9. The summed E-state index contributed by atoms with van der Waals surface area (Å²) in [5.74, 6) is 0.615. The Morgan fingerprint density at radius 2 is 1.59 bits per heavy atom. The fraction of sp³-hybridized carbons (Fsp3) is 0.333. The second-order valence-electron chi connectivity index (χ2n) is 11.8. The van der Waals surface area contributed by atoms with Gasteiger partial charge >= 0.3 is 13.2 Å². The first kappa shape index (κ1) is 27.3. The first-order valence-electron chi connectivity index (χ1n) is 14.1. The summed E-state index contributed by atoms with van der Waals surface area (Å²) in [7, 11) is -0.683. The standard InChI is InChI=1S/C33H34BNO6/c1-32(2)33(3,4)41-34(40-32)22(17-21-13-14-30-27(18-21)29(36)15-16-38-30)19-35-31(37)39-20-28-25-11-7-5-9-23(25)24-10-6-8-12-26(24)28/h5-14,17-18,28H,15-16,19-20H2,1-4H3,(H,35,37). The molecule has 1 aliphatic carbocycles. The topological polar surface area (TPSA) is 83.1 Å². The van der Waals surface area contributed by atoms with Gasteiger partial charge in [-0.05, 0) is 73.1 Å². The maximum Gasteiger partial charge on any atom is 0.492 e. The molecule has 1 amide bonds. The predicted octanol–water partition coefficient (Wildman–Crippen LogP) is 6.21. The largest absolute Gasteiger partial charge is 0.492 e. The fourth-order valence-electron chi connectivity index (χ4n) is 5.60. The summed E-state index contributed by atoms with van der Waals surface area (Å²) in [6.07, 6.45) is 1.73. The van der Waals surface area contributed by atoms with Crippen molar-refractivity contribution in [1.82, 2.24) is 5.32 Å². The van der Waals surface area contributed by atoms with E-state index in [1.165, 1.54) is 11.1 Å². The van der Waals surface area contributed by atoms with E-state index in [1.807, 2.05) is 70.2 Å². The summed E-state index contributed by atoms with van der Waals surface area (Å²) in [6, 6.07) is 22.0. The van der Waals surface area contributed by atoms with Crippen molar-refractivity contribution in [3.8, 4) is 16.9 Å². The van der Waals surface area contributed by atoms with E-state index in [-0.39, 0.29) is 24.9 Å². The van der Waals surface area contributed by atoms with E-state index < -0.39 is 24.4 Å². The van der Waals surface area contributed by atoms with Crippen molar-refractivity contribution in [1.29, 1.82) is 0 Å². The van der Waals surface area contributed by atoms with Crippen LogP contribution in [-0.2, 0) is 14.0 Å². The number of carbonyl (C=O) groups is 2. The summed E-state index contributed by atoms with van der Waals surface area (Å²) in [5.41, 5.74) is 5.62. The highest BCUT2D eigenvalue weighted by atomic mass is 16.7. The van der Waals surface area contributed by atoms with Gasteiger partial charge in [0.25, 0.3) is 0 Å². The van der Waals surface area contributed by atoms with Gasteiger partial charge in [0.15, 0.2) is 5.78 Å². The van der Waals surface area contributed by atoms with Crippen molar-refractivity contribution < 1.29 is 28.4 Å². The number of hydrogen-bond acceptors (Lipinski definition) is 6. The minimum absolute atomic E-state index is 0.0264. The number of hydrogen-bond donors (Lipinski definition) is 1. The molecule has 3 aromatic rings. The lowest BCUT2D eigenvalue weighted by Gasteiger charge is -2.32. The maximum absolute atomic E-state index is 13.0. The minimum atomic E-state index is -0.683. The molecule has 2 heterocycles. The fourth-order valence-corrected chi connectivity index (χ4v) is 5.60. The van der Waals surface area contributed by atoms with Crippen molar-refractivity contribution in [2.75, 3.05) is 19.8 Å². The van der Waals surface area contributed by atoms with Gasteiger partial charge in [0.05, 0.1) is 23.4 Å². The molecule has 1 N–H and O–H groups in total. The van der Waals surface area contributed by atoms with Crippen LogP contribution in [0.15, 0.2) is 72.2 Å². The molecule has 0 unspecified atom stereocenters. The highest BCUT2D eigenvalue weighted by molar-refractivity contribution is 6.56. The minimum Gasteiger partial charge on any atom is -0.492 e. The number of rotatable bonds is 6. The molecule has 41 heavy (non-hydrogen) atoms. The zero-order chi connectivity index (χ0) is 28.8. The van der Waals surface area contributed by atoms with Gasteiger partial charge in [-0.2, -0.15) is 0 Å². The van der Waals surface area contributed by atoms with Crippen LogP contribution in [0.1, 0.15) is 67.1 Å². The third-order valence-electron chi connectivity index (χ3n) is 8.58. The Morgan fingerprint density at radius 1 is 0.951 bits per heavy atom.